The van der Waals surface area contributed by atoms with Crippen LogP contribution in [0, 0.1) is 0 Å². The van der Waals surface area contributed by atoms with Crippen LogP contribution in [0.5, 0.6) is 0 Å². The largest absolute Gasteiger partial charge is 0.383 e. The van der Waals surface area contributed by atoms with Crippen LogP contribution in [0.25, 0.3) is 22.2 Å². The van der Waals surface area contributed by atoms with Crippen LogP contribution >= 0.6 is 13.4 Å². The van der Waals surface area contributed by atoms with Gasteiger partial charge in [-0.05, 0) is 29.7 Å². The monoisotopic (exact) mass is 709 g/mol. The average molecular weight is 710 g/mol. The number of hydrogen-bond acceptors (Lipinski definition) is 15. The first kappa shape index (κ1) is 31.0. The number of hydrogen-bond donors (Lipinski definition) is 5. The Labute approximate surface area is 260 Å². The summed E-state index contributed by atoms with van der Waals surface area (Å²) < 4.78 is 69.2. The zero-order chi connectivity index (χ0) is 31.9. The predicted molar refractivity (Wildman–Crippen MR) is 157 cm³/mol. The number of anilines is 2. The van der Waals surface area contributed by atoms with Crippen molar-refractivity contribution in [2.75, 3.05) is 37.9 Å². The molecule has 3 fully saturated rings. The Morgan fingerprint density at radius 2 is 1.78 bits per heavy atom. The van der Waals surface area contributed by atoms with E-state index >= 15 is 8.78 Å². The number of ether oxygens (including phenoxy) is 2. The van der Waals surface area contributed by atoms with Crippen LogP contribution in [0.3, 0.4) is 0 Å². The van der Waals surface area contributed by atoms with Gasteiger partial charge in [0.2, 0.25) is 17.5 Å². The number of nitrogens with zero attached hydrogens (tertiary/aromatic N) is 6. The molecule has 7 rings (SSSR count). The van der Waals surface area contributed by atoms with Crippen LogP contribution < -0.4 is 17.0 Å². The molecule has 7 N–H and O–H groups in total. The second kappa shape index (κ2) is 10.7. The minimum atomic E-state index is -4.48. The van der Waals surface area contributed by atoms with Crippen molar-refractivity contribution in [3.05, 3.63) is 35.3 Å². The summed E-state index contributed by atoms with van der Waals surface area (Å²) >= 11 is 10.4. The van der Waals surface area contributed by atoms with E-state index in [1.807, 2.05) is 0 Å². The normalized spacial score (nSPS) is 37.7. The number of nitrogens with one attached hydrogen (secondary N) is 1. The first-order valence-corrected chi connectivity index (χ1v) is 18.1. The predicted octanol–water partition coefficient (Wildman–Crippen LogP) is 0.0219. The lowest BCUT2D eigenvalue weighted by Gasteiger charge is -2.34. The number of nitrogen functional groups attached to an aromatic ring is 2. The van der Waals surface area contributed by atoms with Gasteiger partial charge in [-0.3, -0.25) is 28.0 Å². The standard InChI is InChI=1S/C21H23F2N9O9P2S2/c22-13-10-3-38-42(34,44)40-14-11(36-5-20(14,23)31-2-1-9-15(24)26-7-27-16(9)31)4-39-43(35,45)41-21(13,6-37-10)32-8-28-12-17(32)29-19(25)30-18(12)33/h1-2,7-8,10-11,13-14H,3-6H2,(H,34,44)(H,35,45)(H2,24,26,27)(H3,25,29,30,33)/t10-,11-,13-,14-,20-,21+,42?,43?/m1/s1. The van der Waals surface area contributed by atoms with Gasteiger partial charge in [0.25, 0.3) is 5.56 Å². The number of rotatable bonds is 2. The first-order valence-electron chi connectivity index (χ1n) is 12.9. The van der Waals surface area contributed by atoms with Crippen molar-refractivity contribution in [3.63, 3.8) is 0 Å². The summed E-state index contributed by atoms with van der Waals surface area (Å²) in [5.74, 6) is -2.81. The molecule has 0 saturated carbocycles. The maximum atomic E-state index is 17.0. The third kappa shape index (κ3) is 5.09. The van der Waals surface area contributed by atoms with Gasteiger partial charge in [-0.1, -0.05) is 0 Å². The van der Waals surface area contributed by atoms with Gasteiger partial charge < -0.3 is 39.8 Å². The van der Waals surface area contributed by atoms with E-state index in [4.69, 9.17) is 62.6 Å². The Morgan fingerprint density at radius 1 is 1.04 bits per heavy atom. The van der Waals surface area contributed by atoms with Gasteiger partial charge in [0.15, 0.2) is 23.4 Å². The van der Waals surface area contributed by atoms with Crippen molar-refractivity contribution in [2.45, 2.75) is 36.0 Å². The van der Waals surface area contributed by atoms with Crippen LogP contribution in [0.1, 0.15) is 0 Å². The fourth-order valence-corrected chi connectivity index (χ4v) is 8.56. The number of nitrogens with two attached hydrogens (primary N) is 2. The van der Waals surface area contributed by atoms with E-state index in [9.17, 15) is 14.6 Å². The van der Waals surface area contributed by atoms with Gasteiger partial charge in [0, 0.05) is 6.20 Å². The van der Waals surface area contributed by atoms with Gasteiger partial charge >= 0.3 is 13.4 Å². The molecule has 2 unspecified atom stereocenters. The molecule has 0 radical (unpaired) electrons. The highest BCUT2D eigenvalue weighted by Gasteiger charge is 2.60. The van der Waals surface area contributed by atoms with Crippen molar-refractivity contribution in [1.29, 1.82) is 0 Å². The number of aromatic amines is 1. The Morgan fingerprint density at radius 3 is 2.58 bits per heavy atom. The smallest absolute Gasteiger partial charge is 0.326 e. The highest BCUT2D eigenvalue weighted by atomic mass is 32.5. The zero-order valence-corrected chi connectivity index (χ0v) is 25.9. The number of alkyl halides is 2. The summed E-state index contributed by atoms with van der Waals surface area (Å²) in [5.41, 5.74) is 8.20. The maximum absolute atomic E-state index is 17.0. The summed E-state index contributed by atoms with van der Waals surface area (Å²) in [6.07, 6.45) is -3.35. The van der Waals surface area contributed by atoms with E-state index < -0.39 is 81.4 Å². The van der Waals surface area contributed by atoms with Gasteiger partial charge in [0.1, 0.15) is 36.6 Å². The molecule has 0 spiro atoms. The SMILES string of the molecule is Nc1nc2c(ncn2[C@@]23CO[C@H](COP(O)(=S)O[C@@H]4[C@@H](COP(O)(=S)O2)OC[C@@]4(F)n2ccc4c(N)ncnc42)[C@H]3F)c(=O)[nH]1. The number of fused-ring (bicyclic) bond motifs is 5. The molecule has 7 heterocycles. The van der Waals surface area contributed by atoms with Crippen LogP contribution in [-0.4, -0.2) is 94.8 Å². The quantitative estimate of drug-likeness (QED) is 0.172. The van der Waals surface area contributed by atoms with Gasteiger partial charge in [-0.25, -0.2) is 23.7 Å². The lowest BCUT2D eigenvalue weighted by Crippen LogP contribution is -2.46. The van der Waals surface area contributed by atoms with E-state index in [0.717, 1.165) is 21.8 Å². The van der Waals surface area contributed by atoms with Crippen molar-refractivity contribution >= 4 is 71.0 Å². The first-order chi connectivity index (χ1) is 21.2. The molecule has 0 aromatic carbocycles. The summed E-state index contributed by atoms with van der Waals surface area (Å²) in [6, 6.07) is 1.48. The Bertz CT molecular complexity index is 1980. The molecule has 8 atom stereocenters. The summed E-state index contributed by atoms with van der Waals surface area (Å²) in [5, 5.41) is 0.329. The third-order valence-corrected chi connectivity index (χ3v) is 10.7. The lowest BCUT2D eigenvalue weighted by atomic mass is 10.1. The molecule has 24 heteroatoms. The molecular formula is C21H23F2N9O9P2S2. The molecule has 3 saturated heterocycles. The molecule has 4 aromatic rings. The van der Waals surface area contributed by atoms with E-state index in [0.29, 0.717) is 5.39 Å². The van der Waals surface area contributed by atoms with Crippen molar-refractivity contribution < 1.29 is 46.1 Å². The molecule has 45 heavy (non-hydrogen) atoms. The summed E-state index contributed by atoms with van der Waals surface area (Å²) in [4.78, 5) is 53.0. The average Bonchev–Trinajstić information content (AvgIpc) is 3.73. The Hall–Kier alpha value is -2.59. The minimum absolute atomic E-state index is 0.0815. The topological polar surface area (TPSA) is 242 Å². The van der Waals surface area contributed by atoms with Crippen LogP contribution in [-0.2, 0) is 62.7 Å². The molecular weight excluding hydrogens is 686 g/mol. The zero-order valence-electron chi connectivity index (χ0n) is 22.5. The maximum Gasteiger partial charge on any atom is 0.326 e. The van der Waals surface area contributed by atoms with Crippen LogP contribution in [0.2, 0.25) is 0 Å². The van der Waals surface area contributed by atoms with E-state index in [2.05, 4.69) is 24.9 Å². The third-order valence-electron chi connectivity index (χ3n) is 7.60. The lowest BCUT2D eigenvalue weighted by molar-refractivity contribution is -0.0715. The molecule has 0 aliphatic carbocycles. The number of aromatic nitrogens is 7. The summed E-state index contributed by atoms with van der Waals surface area (Å²) in [6.45, 7) is -11.5. The van der Waals surface area contributed by atoms with Crippen molar-refractivity contribution in [3.8, 4) is 0 Å². The molecule has 2 bridgehead atoms. The molecule has 4 aromatic heterocycles. The molecule has 3 aliphatic rings. The van der Waals surface area contributed by atoms with Crippen molar-refractivity contribution in [1.82, 2.24) is 34.1 Å². The highest BCUT2D eigenvalue weighted by Crippen LogP contribution is 2.57. The fourth-order valence-electron chi connectivity index (χ4n) is 5.52. The molecule has 242 valence electrons. The van der Waals surface area contributed by atoms with E-state index in [1.165, 1.54) is 12.3 Å². The number of imidazole rings is 1. The second-order valence-corrected chi connectivity index (χ2v) is 15.9. The van der Waals surface area contributed by atoms with Gasteiger partial charge in [0.05, 0.1) is 31.5 Å². The van der Waals surface area contributed by atoms with Crippen molar-refractivity contribution in [2.24, 2.45) is 0 Å². The number of halogens is 2. The Balaban J connectivity index is 1.28. The molecule has 0 amide bonds. The minimum Gasteiger partial charge on any atom is -0.383 e. The highest BCUT2D eigenvalue weighted by molar-refractivity contribution is 8.07. The molecule has 18 nitrogen and oxygen atoms in total. The van der Waals surface area contributed by atoms with Gasteiger partial charge in [-0.2, -0.15) is 4.98 Å². The van der Waals surface area contributed by atoms with Crippen LogP contribution in [0.4, 0.5) is 20.5 Å². The Kier molecular flexibility index (Phi) is 7.39. The number of H-pyrrole nitrogens is 1. The van der Waals surface area contributed by atoms with E-state index in [1.54, 1.807) is 0 Å². The van der Waals surface area contributed by atoms with E-state index in [-0.39, 0.29) is 28.6 Å². The summed E-state index contributed by atoms with van der Waals surface area (Å²) in [7, 11) is 0. The second-order valence-electron chi connectivity index (χ2n) is 10.3. The molecule has 3 aliphatic heterocycles. The van der Waals surface area contributed by atoms with Gasteiger partial charge in [-0.15, -0.1) is 0 Å². The van der Waals surface area contributed by atoms with Crippen LogP contribution in [0.15, 0.2) is 29.7 Å². The fraction of sp³-hybridized carbons (Fsp3) is 0.476.